The van der Waals surface area contributed by atoms with Gasteiger partial charge in [-0.25, -0.2) is 0 Å². The van der Waals surface area contributed by atoms with Crippen molar-refractivity contribution in [2.24, 2.45) is 0 Å². The molecule has 0 radical (unpaired) electrons. The Balaban J connectivity index is 3.79. The Morgan fingerprint density at radius 2 is 1.81 bits per heavy atom. The predicted octanol–water partition coefficient (Wildman–Crippen LogP) is -1.84. The van der Waals surface area contributed by atoms with Crippen molar-refractivity contribution in [1.29, 1.82) is 0 Å². The van der Waals surface area contributed by atoms with Crippen molar-refractivity contribution in [2.45, 2.75) is 20.0 Å². The molecule has 1 atom stereocenters. The smallest absolute Gasteiger partial charge is 0.325 e. The molecule has 0 aromatic heterocycles. The molecule has 7 nitrogen and oxygen atoms in total. The van der Waals surface area contributed by atoms with Crippen LogP contribution < -0.4 is 10.6 Å². The molecule has 92 valence electrons. The standard InChI is InChI=1S/C9H16N2O5/c1-3-16-7(13)5-11-9(15)8(14)10-4-6(2)12/h6,12H,3-5H2,1-2H3,(H,10,14)(H,11,15). The van der Waals surface area contributed by atoms with Crippen molar-refractivity contribution in [2.75, 3.05) is 19.7 Å². The van der Waals surface area contributed by atoms with E-state index < -0.39 is 23.9 Å². The van der Waals surface area contributed by atoms with Gasteiger partial charge < -0.3 is 20.5 Å². The third kappa shape index (κ3) is 6.77. The lowest BCUT2D eigenvalue weighted by Gasteiger charge is -2.07. The minimum atomic E-state index is -0.936. The first-order valence-electron chi connectivity index (χ1n) is 4.87. The molecule has 0 saturated carbocycles. The Bertz CT molecular complexity index is 265. The van der Waals surface area contributed by atoms with Crippen molar-refractivity contribution in [1.82, 2.24) is 10.6 Å². The topological polar surface area (TPSA) is 105 Å². The lowest BCUT2D eigenvalue weighted by atomic mass is 10.4. The summed E-state index contributed by atoms with van der Waals surface area (Å²) in [5.74, 6) is -2.45. The minimum absolute atomic E-state index is 0.0222. The zero-order chi connectivity index (χ0) is 12.6. The zero-order valence-electron chi connectivity index (χ0n) is 9.28. The van der Waals surface area contributed by atoms with Crippen LogP contribution in [-0.4, -0.2) is 48.7 Å². The number of rotatable bonds is 5. The fraction of sp³-hybridized carbons (Fsp3) is 0.667. The number of ether oxygens (including phenoxy) is 1. The molecule has 0 saturated heterocycles. The van der Waals surface area contributed by atoms with Gasteiger partial charge in [0.15, 0.2) is 0 Å². The minimum Gasteiger partial charge on any atom is -0.465 e. The van der Waals surface area contributed by atoms with E-state index in [-0.39, 0.29) is 19.7 Å². The van der Waals surface area contributed by atoms with E-state index >= 15 is 0 Å². The molecule has 0 aliphatic rings. The summed E-state index contributed by atoms with van der Waals surface area (Å²) in [5, 5.41) is 13.1. The first-order valence-corrected chi connectivity index (χ1v) is 4.87. The molecule has 3 N–H and O–H groups in total. The molecule has 2 amide bonds. The molecule has 7 heteroatoms. The molecule has 0 fully saturated rings. The van der Waals surface area contributed by atoms with Crippen LogP contribution in [0.5, 0.6) is 0 Å². The molecular formula is C9H16N2O5. The van der Waals surface area contributed by atoms with Gasteiger partial charge in [-0.3, -0.25) is 14.4 Å². The third-order valence-electron chi connectivity index (χ3n) is 1.46. The van der Waals surface area contributed by atoms with Crippen LogP contribution in [0.25, 0.3) is 0 Å². The highest BCUT2D eigenvalue weighted by Gasteiger charge is 2.14. The highest BCUT2D eigenvalue weighted by molar-refractivity contribution is 6.35. The first kappa shape index (κ1) is 14.4. The van der Waals surface area contributed by atoms with E-state index in [2.05, 4.69) is 15.4 Å². The van der Waals surface area contributed by atoms with Gasteiger partial charge in [0.1, 0.15) is 6.54 Å². The summed E-state index contributed by atoms with van der Waals surface area (Å²) < 4.78 is 4.54. The quantitative estimate of drug-likeness (QED) is 0.382. The van der Waals surface area contributed by atoms with E-state index in [1.165, 1.54) is 6.92 Å². The molecule has 0 aromatic rings. The summed E-state index contributed by atoms with van der Waals surface area (Å²) in [6.07, 6.45) is -0.734. The zero-order valence-corrected chi connectivity index (χ0v) is 9.28. The van der Waals surface area contributed by atoms with E-state index in [1.54, 1.807) is 6.92 Å². The molecular weight excluding hydrogens is 216 g/mol. The average molecular weight is 232 g/mol. The van der Waals surface area contributed by atoms with Gasteiger partial charge in [-0.15, -0.1) is 0 Å². The summed E-state index contributed by atoms with van der Waals surface area (Å²) in [7, 11) is 0. The normalized spacial score (nSPS) is 11.4. The third-order valence-corrected chi connectivity index (χ3v) is 1.46. The van der Waals surface area contributed by atoms with E-state index in [9.17, 15) is 14.4 Å². The van der Waals surface area contributed by atoms with Crippen molar-refractivity contribution in [3.05, 3.63) is 0 Å². The molecule has 0 aliphatic carbocycles. The van der Waals surface area contributed by atoms with Gasteiger partial charge in [-0.1, -0.05) is 0 Å². The van der Waals surface area contributed by atoms with Crippen molar-refractivity contribution < 1.29 is 24.2 Å². The maximum absolute atomic E-state index is 11.1. The second kappa shape index (κ2) is 7.63. The van der Waals surface area contributed by atoms with Gasteiger partial charge in [0.05, 0.1) is 12.7 Å². The number of carbonyl (C=O) groups excluding carboxylic acids is 3. The maximum atomic E-state index is 11.1. The summed E-state index contributed by atoms with van der Waals surface area (Å²) >= 11 is 0. The van der Waals surface area contributed by atoms with E-state index in [0.717, 1.165) is 0 Å². The van der Waals surface area contributed by atoms with E-state index in [4.69, 9.17) is 5.11 Å². The number of esters is 1. The van der Waals surface area contributed by atoms with Crippen molar-refractivity contribution in [3.63, 3.8) is 0 Å². The van der Waals surface area contributed by atoms with Crippen LogP contribution in [0.4, 0.5) is 0 Å². The second-order valence-corrected chi connectivity index (χ2v) is 3.05. The molecule has 0 rings (SSSR count). The Hall–Kier alpha value is -1.63. The van der Waals surface area contributed by atoms with E-state index in [1.807, 2.05) is 0 Å². The number of aliphatic hydroxyl groups excluding tert-OH is 1. The van der Waals surface area contributed by atoms with Gasteiger partial charge in [0.2, 0.25) is 0 Å². The summed E-state index contributed by atoms with van der Waals surface area (Å²) in [4.78, 5) is 32.9. The van der Waals surface area contributed by atoms with Crippen molar-refractivity contribution >= 4 is 17.8 Å². The van der Waals surface area contributed by atoms with Crippen LogP contribution in [0.2, 0.25) is 0 Å². The van der Waals surface area contributed by atoms with Crippen LogP contribution in [0.3, 0.4) is 0 Å². The van der Waals surface area contributed by atoms with Gasteiger partial charge >= 0.3 is 17.8 Å². The average Bonchev–Trinajstić information content (AvgIpc) is 2.22. The highest BCUT2D eigenvalue weighted by Crippen LogP contribution is 1.78. The Kier molecular flexibility index (Phi) is 6.86. The molecule has 1 unspecified atom stereocenters. The number of carbonyl (C=O) groups is 3. The fourth-order valence-electron chi connectivity index (χ4n) is 0.765. The number of nitrogens with one attached hydrogen (secondary N) is 2. The Morgan fingerprint density at radius 1 is 1.25 bits per heavy atom. The second-order valence-electron chi connectivity index (χ2n) is 3.05. The molecule has 0 bridgehead atoms. The lowest BCUT2D eigenvalue weighted by Crippen LogP contribution is -2.44. The highest BCUT2D eigenvalue weighted by atomic mass is 16.5. The molecule has 0 spiro atoms. The largest absolute Gasteiger partial charge is 0.465 e. The number of hydrogen-bond acceptors (Lipinski definition) is 5. The van der Waals surface area contributed by atoms with Crippen LogP contribution in [0.15, 0.2) is 0 Å². The lowest BCUT2D eigenvalue weighted by molar-refractivity contribution is -0.145. The van der Waals surface area contributed by atoms with Crippen molar-refractivity contribution in [3.8, 4) is 0 Å². The first-order chi connectivity index (χ1) is 7.47. The SMILES string of the molecule is CCOC(=O)CNC(=O)C(=O)NCC(C)O. The van der Waals surface area contributed by atoms with Crippen LogP contribution >= 0.6 is 0 Å². The maximum Gasteiger partial charge on any atom is 0.325 e. The van der Waals surface area contributed by atoms with Crippen LogP contribution in [0.1, 0.15) is 13.8 Å². The summed E-state index contributed by atoms with van der Waals surface area (Å²) in [6.45, 7) is 2.94. The predicted molar refractivity (Wildman–Crippen MR) is 54.3 cm³/mol. The molecule has 16 heavy (non-hydrogen) atoms. The van der Waals surface area contributed by atoms with Gasteiger partial charge in [-0.2, -0.15) is 0 Å². The van der Waals surface area contributed by atoms with Crippen LogP contribution in [0, 0.1) is 0 Å². The number of hydrogen-bond donors (Lipinski definition) is 3. The fourth-order valence-corrected chi connectivity index (χ4v) is 0.765. The molecule has 0 aromatic carbocycles. The summed E-state index contributed by atoms with van der Waals surface area (Å²) in [5.41, 5.74) is 0. The van der Waals surface area contributed by atoms with Gasteiger partial charge in [0, 0.05) is 6.54 Å². The summed E-state index contributed by atoms with van der Waals surface area (Å²) in [6, 6.07) is 0. The molecule has 0 heterocycles. The van der Waals surface area contributed by atoms with Gasteiger partial charge in [-0.05, 0) is 13.8 Å². The Morgan fingerprint density at radius 3 is 2.31 bits per heavy atom. The van der Waals surface area contributed by atoms with Crippen LogP contribution in [-0.2, 0) is 19.1 Å². The molecule has 0 aliphatic heterocycles. The monoisotopic (exact) mass is 232 g/mol. The number of amides is 2. The van der Waals surface area contributed by atoms with E-state index in [0.29, 0.717) is 0 Å². The van der Waals surface area contributed by atoms with Gasteiger partial charge in [0.25, 0.3) is 0 Å². The number of aliphatic hydroxyl groups is 1. The Labute approximate surface area is 93.2 Å².